The van der Waals surface area contributed by atoms with Crippen molar-refractivity contribution >= 4 is 70.4 Å². The monoisotopic (exact) mass is 805 g/mol. The highest BCUT2D eigenvalue weighted by Gasteiger charge is 2.70. The van der Waals surface area contributed by atoms with Gasteiger partial charge in [0.25, 0.3) is 0 Å². The second kappa shape index (κ2) is 10.5. The van der Waals surface area contributed by atoms with Crippen molar-refractivity contribution in [1.29, 1.82) is 10.5 Å². The molecule has 6 aliphatic carbocycles. The van der Waals surface area contributed by atoms with Gasteiger partial charge in [0.05, 0.1) is 39.8 Å². The first-order valence-electron chi connectivity index (χ1n) is 22.5. The third kappa shape index (κ3) is 3.19. The van der Waals surface area contributed by atoms with Crippen LogP contribution in [-0.4, -0.2) is 4.40 Å². The van der Waals surface area contributed by atoms with Crippen molar-refractivity contribution < 1.29 is 0 Å². The van der Waals surface area contributed by atoms with E-state index in [2.05, 4.69) is 180 Å². The maximum Gasteiger partial charge on any atom is 0.0995 e. The SMILES string of the molecule is N#Cc1cc2c(c3c1C1c4ccccc4C3c3ccccc31)c1c3ccc4c5ccccc5ccc4c3cc3c4c5c(c(C#N)cc4n2c31)C1c2ccccc2C12c1ccccc1C52. The number of benzene rings is 10. The van der Waals surface area contributed by atoms with Crippen LogP contribution in [-0.2, 0) is 5.41 Å². The highest BCUT2D eigenvalue weighted by Crippen LogP contribution is 2.78. The Bertz CT molecular complexity index is 4330. The first-order valence-corrected chi connectivity index (χ1v) is 22.5. The van der Waals surface area contributed by atoms with Crippen molar-refractivity contribution in [2.24, 2.45) is 0 Å². The summed E-state index contributed by atoms with van der Waals surface area (Å²) < 4.78 is 2.48. The Hall–Kier alpha value is -8.24. The first-order chi connectivity index (χ1) is 31.7. The molecule has 3 nitrogen and oxygen atoms in total. The maximum atomic E-state index is 11.3. The average molecular weight is 806 g/mol. The molecule has 1 spiro atoms. The number of rotatable bonds is 0. The van der Waals surface area contributed by atoms with Crippen LogP contribution in [0.3, 0.4) is 0 Å². The van der Waals surface area contributed by atoms with Crippen LogP contribution >= 0.6 is 0 Å². The molecule has 3 atom stereocenters. The molecule has 6 aliphatic rings. The third-order valence-electron chi connectivity index (χ3n) is 17.0. The number of nitrogens with zero attached hydrogens (tertiary/aromatic N) is 3. The summed E-state index contributed by atoms with van der Waals surface area (Å²) in [4.78, 5) is 0. The van der Waals surface area contributed by atoms with Crippen molar-refractivity contribution in [3.8, 4) is 12.1 Å². The molecule has 12 aromatic rings. The fourth-order valence-corrected chi connectivity index (χ4v) is 15.0. The van der Waals surface area contributed by atoms with E-state index in [9.17, 15) is 10.5 Å². The van der Waals surface area contributed by atoms with Crippen molar-refractivity contribution in [3.63, 3.8) is 0 Å². The van der Waals surface area contributed by atoms with Crippen LogP contribution in [0, 0.1) is 22.7 Å². The van der Waals surface area contributed by atoms with E-state index in [0.29, 0.717) is 0 Å². The van der Waals surface area contributed by atoms with Crippen LogP contribution in [0.2, 0.25) is 0 Å². The molecule has 2 bridgehead atoms. The van der Waals surface area contributed by atoms with Gasteiger partial charge in [-0.3, -0.25) is 0 Å². The van der Waals surface area contributed by atoms with Gasteiger partial charge in [-0.1, -0.05) is 146 Å². The lowest BCUT2D eigenvalue weighted by Crippen LogP contribution is -2.52. The number of fused-ring (bicyclic) bond motifs is 20. The lowest BCUT2D eigenvalue weighted by molar-refractivity contribution is 0.333. The van der Waals surface area contributed by atoms with Gasteiger partial charge < -0.3 is 4.40 Å². The Labute approximate surface area is 366 Å². The van der Waals surface area contributed by atoms with E-state index in [1.54, 1.807) is 0 Å². The van der Waals surface area contributed by atoms with Crippen molar-refractivity contribution in [3.05, 3.63) is 242 Å². The van der Waals surface area contributed by atoms with Crippen LogP contribution in [0.25, 0.3) is 70.4 Å². The molecule has 3 unspecified atom stereocenters. The summed E-state index contributed by atoms with van der Waals surface area (Å²) in [6.07, 6.45) is 0. The van der Waals surface area contributed by atoms with Gasteiger partial charge in [-0.2, -0.15) is 10.5 Å². The summed E-state index contributed by atoms with van der Waals surface area (Å²) in [6, 6.07) is 66.5. The Morgan fingerprint density at radius 3 is 1.58 bits per heavy atom. The minimum Gasteiger partial charge on any atom is -0.308 e. The van der Waals surface area contributed by atoms with Gasteiger partial charge in [0, 0.05) is 50.6 Å². The molecule has 0 fully saturated rings. The van der Waals surface area contributed by atoms with Crippen LogP contribution < -0.4 is 0 Å². The normalized spacial score (nSPS) is 21.2. The summed E-state index contributed by atoms with van der Waals surface area (Å²) in [5, 5.41) is 35.1. The fraction of sp³-hybridized carbons (Fsp3) is 0.0820. The molecule has 290 valence electrons. The molecular formula is C61H31N3. The molecule has 0 aliphatic heterocycles. The summed E-state index contributed by atoms with van der Waals surface area (Å²) in [7, 11) is 0. The second-order valence-electron chi connectivity index (χ2n) is 19.1. The van der Waals surface area contributed by atoms with Gasteiger partial charge in [-0.25, -0.2) is 0 Å². The predicted molar refractivity (Wildman–Crippen MR) is 255 cm³/mol. The van der Waals surface area contributed by atoms with E-state index in [4.69, 9.17) is 0 Å². The van der Waals surface area contributed by atoms with Gasteiger partial charge in [0.15, 0.2) is 0 Å². The third-order valence-corrected chi connectivity index (χ3v) is 17.0. The van der Waals surface area contributed by atoms with E-state index >= 15 is 0 Å². The lowest BCUT2D eigenvalue weighted by Gasteiger charge is -2.58. The maximum absolute atomic E-state index is 11.3. The molecule has 64 heavy (non-hydrogen) atoms. The molecule has 0 amide bonds. The molecule has 3 heteroatoms. The van der Waals surface area contributed by atoms with Crippen LogP contribution in [0.5, 0.6) is 0 Å². The summed E-state index contributed by atoms with van der Waals surface area (Å²) >= 11 is 0. The van der Waals surface area contributed by atoms with Crippen molar-refractivity contribution in [2.45, 2.75) is 29.1 Å². The zero-order valence-electron chi connectivity index (χ0n) is 34.2. The van der Waals surface area contributed by atoms with E-state index in [0.717, 1.165) is 27.7 Å². The average Bonchev–Trinajstić information content (AvgIpc) is 3.93. The number of hydrogen-bond donors (Lipinski definition) is 0. The quantitative estimate of drug-likeness (QED) is 0.143. The standard InChI is InChI=1S/C61H31N3/c62-28-31-25-48-55(56-49(31)51-36-13-3-5-15-38(36)52(56)39-16-6-4-14-37(39)51)54-40-24-23-34-33-12-2-1-11-30(33)21-22-35(34)43(40)27-44-53-47(64(48)60(44)54)26-32(29-63)50-57(53)59-42-18-8-10-20-46(42)61(59)45-19-9-7-17-41(45)58(50)61/h1-27,51-52,58-59H. The summed E-state index contributed by atoms with van der Waals surface area (Å²) in [6.45, 7) is 0. The van der Waals surface area contributed by atoms with E-state index < -0.39 is 0 Å². The first kappa shape index (κ1) is 32.5. The number of aromatic nitrogens is 1. The Balaban J connectivity index is 1.12. The molecule has 0 saturated carbocycles. The fourth-order valence-electron chi connectivity index (χ4n) is 15.0. The van der Waals surface area contributed by atoms with E-state index in [-0.39, 0.29) is 29.1 Å². The molecule has 10 aromatic carbocycles. The Morgan fingerprint density at radius 1 is 0.391 bits per heavy atom. The van der Waals surface area contributed by atoms with Crippen LogP contribution in [0.1, 0.15) is 102 Å². The summed E-state index contributed by atoms with van der Waals surface area (Å²) in [5.41, 5.74) is 20.4. The van der Waals surface area contributed by atoms with Gasteiger partial charge in [0.2, 0.25) is 0 Å². The van der Waals surface area contributed by atoms with Gasteiger partial charge in [-0.15, -0.1) is 0 Å². The molecule has 0 N–H and O–H groups in total. The molecule has 2 heterocycles. The Kier molecular flexibility index (Phi) is 5.33. The van der Waals surface area contributed by atoms with Crippen molar-refractivity contribution in [1.82, 2.24) is 4.40 Å². The van der Waals surface area contributed by atoms with E-state index in [1.807, 2.05) is 0 Å². The Morgan fingerprint density at radius 2 is 0.906 bits per heavy atom. The number of hydrogen-bond acceptors (Lipinski definition) is 2. The predicted octanol–water partition coefficient (Wildman–Crippen LogP) is 13.9. The smallest absolute Gasteiger partial charge is 0.0995 e. The van der Waals surface area contributed by atoms with Crippen molar-refractivity contribution in [2.75, 3.05) is 0 Å². The molecule has 0 saturated heterocycles. The van der Waals surface area contributed by atoms with Gasteiger partial charge >= 0.3 is 0 Å². The molecule has 2 aromatic heterocycles. The van der Waals surface area contributed by atoms with Gasteiger partial charge in [-0.05, 0) is 117 Å². The largest absolute Gasteiger partial charge is 0.308 e. The van der Waals surface area contributed by atoms with Gasteiger partial charge in [0.1, 0.15) is 0 Å². The summed E-state index contributed by atoms with van der Waals surface area (Å²) in [5.74, 6) is 0.178. The topological polar surface area (TPSA) is 52.0 Å². The molecular weight excluding hydrogens is 775 g/mol. The highest BCUT2D eigenvalue weighted by atomic mass is 14.9. The molecule has 0 radical (unpaired) electrons. The zero-order valence-corrected chi connectivity index (χ0v) is 34.2. The highest BCUT2D eigenvalue weighted by molar-refractivity contribution is 6.36. The van der Waals surface area contributed by atoms with Crippen LogP contribution in [0.15, 0.2) is 164 Å². The minimum absolute atomic E-state index is 0.0283. The molecule has 18 rings (SSSR count). The zero-order chi connectivity index (χ0) is 41.5. The number of nitriles is 2. The lowest BCUT2D eigenvalue weighted by atomic mass is 9.43. The minimum atomic E-state index is -0.190. The second-order valence-corrected chi connectivity index (χ2v) is 19.1. The van der Waals surface area contributed by atoms with Crippen LogP contribution in [0.4, 0.5) is 0 Å². The van der Waals surface area contributed by atoms with E-state index in [1.165, 1.54) is 121 Å².